The molecule has 0 aromatic carbocycles. The number of nitrogens with zero attached hydrogens (tertiary/aromatic N) is 1. The summed E-state index contributed by atoms with van der Waals surface area (Å²) in [5.41, 5.74) is -0.306. The average molecular weight is 227 g/mol. The number of carbonyl (C=O) groups is 2. The lowest BCUT2D eigenvalue weighted by molar-refractivity contribution is -0.154. The molecule has 5 nitrogen and oxygen atoms in total. The zero-order chi connectivity index (χ0) is 11.8. The second kappa shape index (κ2) is 4.05. The van der Waals surface area contributed by atoms with Gasteiger partial charge in [-0.1, -0.05) is 13.8 Å². The molecule has 0 saturated carbocycles. The summed E-state index contributed by atoms with van der Waals surface area (Å²) in [7, 11) is 0. The molecule has 2 heterocycles. The van der Waals surface area contributed by atoms with Crippen molar-refractivity contribution in [3.63, 3.8) is 0 Å². The third kappa shape index (κ3) is 2.04. The summed E-state index contributed by atoms with van der Waals surface area (Å²) in [6, 6.07) is 0. The highest BCUT2D eigenvalue weighted by Crippen LogP contribution is 2.31. The van der Waals surface area contributed by atoms with Crippen LogP contribution in [0.3, 0.4) is 0 Å². The second-order valence-corrected chi connectivity index (χ2v) is 5.03. The van der Waals surface area contributed by atoms with Crippen LogP contribution in [-0.4, -0.2) is 42.8 Å². The molecular formula is C11H17NO4. The van der Waals surface area contributed by atoms with Crippen molar-refractivity contribution in [2.24, 2.45) is 5.41 Å². The molecule has 2 fully saturated rings. The summed E-state index contributed by atoms with van der Waals surface area (Å²) in [5, 5.41) is 0. The van der Waals surface area contributed by atoms with E-state index in [4.69, 9.17) is 9.47 Å². The first-order chi connectivity index (χ1) is 7.50. The van der Waals surface area contributed by atoms with Gasteiger partial charge in [-0.15, -0.1) is 0 Å². The van der Waals surface area contributed by atoms with Crippen LogP contribution in [0.5, 0.6) is 0 Å². The molecule has 0 bridgehead atoms. The average Bonchev–Trinajstić information content (AvgIpc) is 2.71. The predicted molar refractivity (Wildman–Crippen MR) is 55.4 cm³/mol. The molecule has 0 aliphatic carbocycles. The Balaban J connectivity index is 1.89. The quantitative estimate of drug-likeness (QED) is 0.660. The van der Waals surface area contributed by atoms with Crippen LogP contribution in [0.25, 0.3) is 0 Å². The predicted octanol–water partition coefficient (Wildman–Crippen LogP) is 0.534. The van der Waals surface area contributed by atoms with Crippen LogP contribution in [0.15, 0.2) is 0 Å². The molecule has 16 heavy (non-hydrogen) atoms. The molecule has 0 aromatic rings. The van der Waals surface area contributed by atoms with E-state index in [1.54, 1.807) is 4.90 Å². The van der Waals surface area contributed by atoms with Crippen molar-refractivity contribution < 1.29 is 19.1 Å². The molecule has 2 saturated heterocycles. The maximum atomic E-state index is 11.4. The Hall–Kier alpha value is -1.10. The summed E-state index contributed by atoms with van der Waals surface area (Å²) >= 11 is 0. The Bertz CT molecular complexity index is 313. The summed E-state index contributed by atoms with van der Waals surface area (Å²) in [4.78, 5) is 24.4. The van der Waals surface area contributed by atoms with Gasteiger partial charge >= 0.3 is 5.97 Å². The summed E-state index contributed by atoms with van der Waals surface area (Å²) < 4.78 is 10.5. The van der Waals surface area contributed by atoms with E-state index in [0.717, 1.165) is 13.0 Å². The number of hydrogen-bond acceptors (Lipinski definition) is 4. The minimum atomic E-state index is -0.555. The van der Waals surface area contributed by atoms with Gasteiger partial charge in [0.25, 0.3) is 0 Å². The number of likely N-dealkylation sites (tertiary alicyclic amines) is 1. The number of ether oxygens (including phenoxy) is 2. The van der Waals surface area contributed by atoms with Crippen LogP contribution in [0.4, 0.5) is 0 Å². The number of carbonyl (C=O) groups excluding carboxylic acids is 2. The van der Waals surface area contributed by atoms with Gasteiger partial charge in [0.05, 0.1) is 6.61 Å². The molecule has 90 valence electrons. The van der Waals surface area contributed by atoms with Crippen molar-refractivity contribution in [1.29, 1.82) is 0 Å². The molecule has 2 aliphatic heterocycles. The van der Waals surface area contributed by atoms with Crippen LogP contribution in [0, 0.1) is 5.41 Å². The fourth-order valence-corrected chi connectivity index (χ4v) is 2.03. The van der Waals surface area contributed by atoms with E-state index in [2.05, 4.69) is 0 Å². The lowest BCUT2D eigenvalue weighted by atomic mass is 9.90. The van der Waals surface area contributed by atoms with Crippen LogP contribution >= 0.6 is 0 Å². The zero-order valence-corrected chi connectivity index (χ0v) is 9.69. The zero-order valence-electron chi connectivity index (χ0n) is 9.69. The molecule has 0 spiro atoms. The molecule has 1 amide bonds. The number of hydrogen-bond donors (Lipinski definition) is 0. The summed E-state index contributed by atoms with van der Waals surface area (Å²) in [6.45, 7) is 5.15. The van der Waals surface area contributed by atoms with Crippen LogP contribution in [0.1, 0.15) is 26.7 Å². The number of esters is 1. The maximum Gasteiger partial charge on any atom is 0.336 e. The Labute approximate surface area is 94.7 Å². The molecule has 5 heteroatoms. The Morgan fingerprint density at radius 1 is 1.50 bits per heavy atom. The van der Waals surface area contributed by atoms with Gasteiger partial charge in [-0.05, 0) is 6.42 Å². The van der Waals surface area contributed by atoms with Gasteiger partial charge in [0.2, 0.25) is 5.91 Å². The summed E-state index contributed by atoms with van der Waals surface area (Å²) in [6.07, 6.45) is 0.906. The molecule has 0 N–H and O–H groups in total. The van der Waals surface area contributed by atoms with Crippen LogP contribution < -0.4 is 0 Å². The number of amides is 1. The monoisotopic (exact) mass is 227 g/mol. The molecule has 2 rings (SSSR count). The highest BCUT2D eigenvalue weighted by atomic mass is 16.6. The van der Waals surface area contributed by atoms with Crippen molar-refractivity contribution in [2.45, 2.75) is 32.8 Å². The first-order valence-electron chi connectivity index (χ1n) is 5.57. The lowest BCUT2D eigenvalue weighted by Crippen LogP contribution is -2.38. The minimum absolute atomic E-state index is 0.101. The third-order valence-electron chi connectivity index (χ3n) is 3.08. The fourth-order valence-electron chi connectivity index (χ4n) is 2.03. The van der Waals surface area contributed by atoms with Crippen LogP contribution in [0.2, 0.25) is 0 Å². The van der Waals surface area contributed by atoms with Crippen molar-refractivity contribution in [1.82, 2.24) is 4.90 Å². The van der Waals surface area contributed by atoms with Crippen LogP contribution in [-0.2, 0) is 19.1 Å². The molecular weight excluding hydrogens is 210 g/mol. The van der Waals surface area contributed by atoms with Crippen molar-refractivity contribution >= 4 is 11.9 Å². The number of cyclic esters (lactones) is 1. The van der Waals surface area contributed by atoms with E-state index in [0.29, 0.717) is 13.0 Å². The van der Waals surface area contributed by atoms with Crippen molar-refractivity contribution in [2.75, 3.05) is 19.9 Å². The van der Waals surface area contributed by atoms with Gasteiger partial charge in [-0.3, -0.25) is 4.79 Å². The molecule has 1 atom stereocenters. The SMILES string of the molecule is CC1(C)COC(=O)[C@@H]1OCN1CCCC1=O. The summed E-state index contributed by atoms with van der Waals surface area (Å²) in [5.74, 6) is -0.221. The van der Waals surface area contributed by atoms with Gasteiger partial charge in [-0.25, -0.2) is 4.79 Å². The molecule has 0 aromatic heterocycles. The smallest absolute Gasteiger partial charge is 0.336 e. The van der Waals surface area contributed by atoms with Crippen molar-refractivity contribution in [3.8, 4) is 0 Å². The van der Waals surface area contributed by atoms with E-state index in [9.17, 15) is 9.59 Å². The lowest BCUT2D eigenvalue weighted by Gasteiger charge is -2.24. The Morgan fingerprint density at radius 2 is 2.25 bits per heavy atom. The highest BCUT2D eigenvalue weighted by molar-refractivity contribution is 5.79. The van der Waals surface area contributed by atoms with Gasteiger partial charge < -0.3 is 14.4 Å². The van der Waals surface area contributed by atoms with Gasteiger partial charge in [0, 0.05) is 18.4 Å². The topological polar surface area (TPSA) is 55.8 Å². The Morgan fingerprint density at radius 3 is 2.75 bits per heavy atom. The first-order valence-corrected chi connectivity index (χ1v) is 5.57. The normalized spacial score (nSPS) is 28.6. The first kappa shape index (κ1) is 11.4. The van der Waals surface area contributed by atoms with E-state index in [-0.39, 0.29) is 24.0 Å². The van der Waals surface area contributed by atoms with E-state index >= 15 is 0 Å². The Kier molecular flexibility index (Phi) is 2.88. The van der Waals surface area contributed by atoms with Gasteiger partial charge in [0.1, 0.15) is 6.73 Å². The molecule has 0 unspecified atom stereocenters. The van der Waals surface area contributed by atoms with E-state index in [1.807, 2.05) is 13.8 Å². The van der Waals surface area contributed by atoms with Gasteiger partial charge in [-0.2, -0.15) is 0 Å². The molecule has 2 aliphatic rings. The molecule has 0 radical (unpaired) electrons. The standard InChI is InChI=1S/C11H17NO4/c1-11(2)6-15-10(14)9(11)16-7-12-5-3-4-8(12)13/h9H,3-7H2,1-2H3/t9-/m0/s1. The highest BCUT2D eigenvalue weighted by Gasteiger charge is 2.45. The number of rotatable bonds is 3. The van der Waals surface area contributed by atoms with Gasteiger partial charge in [0.15, 0.2) is 6.10 Å². The largest absolute Gasteiger partial charge is 0.463 e. The third-order valence-corrected chi connectivity index (χ3v) is 3.08. The van der Waals surface area contributed by atoms with E-state index < -0.39 is 6.10 Å². The second-order valence-electron chi connectivity index (χ2n) is 5.03. The fraction of sp³-hybridized carbons (Fsp3) is 0.818. The van der Waals surface area contributed by atoms with E-state index in [1.165, 1.54) is 0 Å². The minimum Gasteiger partial charge on any atom is -0.463 e. The maximum absolute atomic E-state index is 11.4. The van der Waals surface area contributed by atoms with Crippen molar-refractivity contribution in [3.05, 3.63) is 0 Å².